The number of methoxy groups -OCH3 is 2. The maximum Gasteiger partial charge on any atom is 0.189 e. The summed E-state index contributed by atoms with van der Waals surface area (Å²) in [6.07, 6.45) is 3.60. The average molecular weight is 322 g/mol. The van der Waals surface area contributed by atoms with Gasteiger partial charge in [0.15, 0.2) is 5.78 Å². The highest BCUT2D eigenvalue weighted by atomic mass is 16.5. The third-order valence-electron chi connectivity index (χ3n) is 4.57. The van der Waals surface area contributed by atoms with Gasteiger partial charge >= 0.3 is 0 Å². The summed E-state index contributed by atoms with van der Waals surface area (Å²) in [5.41, 5.74) is 6.09. The van der Waals surface area contributed by atoms with E-state index in [1.54, 1.807) is 14.2 Å². The number of carbonyl (C=O) groups excluding carboxylic acids is 1. The lowest BCUT2D eigenvalue weighted by Crippen LogP contribution is -2.15. The van der Waals surface area contributed by atoms with Crippen molar-refractivity contribution in [3.8, 4) is 11.5 Å². The van der Waals surface area contributed by atoms with E-state index in [9.17, 15) is 4.79 Å². The average Bonchev–Trinajstić information content (AvgIpc) is 2.58. The van der Waals surface area contributed by atoms with E-state index in [1.807, 2.05) is 37.3 Å². The van der Waals surface area contributed by atoms with Gasteiger partial charge < -0.3 is 9.47 Å². The van der Waals surface area contributed by atoms with E-state index < -0.39 is 0 Å². The number of carbonyl (C=O) groups is 1. The third kappa shape index (κ3) is 2.94. The standard InChI is InChI=1S/C21H22O3/c1-13-9-14(2)18-8-6-16(21(22)19(18)10-13)11-15-5-7-17(23-3)12-20(15)24-4/h5,7,9-12H,6,8H2,1-4H3/b16-11-. The number of aryl methyl sites for hydroxylation is 2. The smallest absolute Gasteiger partial charge is 0.189 e. The fraction of sp³-hybridized carbons (Fsp3) is 0.286. The Morgan fingerprint density at radius 1 is 1.00 bits per heavy atom. The molecule has 124 valence electrons. The van der Waals surface area contributed by atoms with Crippen molar-refractivity contribution >= 4 is 11.9 Å². The summed E-state index contributed by atoms with van der Waals surface area (Å²) < 4.78 is 10.7. The monoisotopic (exact) mass is 322 g/mol. The second kappa shape index (κ2) is 6.52. The zero-order valence-corrected chi connectivity index (χ0v) is 14.6. The van der Waals surface area contributed by atoms with Gasteiger partial charge in [-0.2, -0.15) is 0 Å². The Labute approximate surface area is 142 Å². The van der Waals surface area contributed by atoms with Crippen LogP contribution in [0.4, 0.5) is 0 Å². The minimum atomic E-state index is 0.126. The Morgan fingerprint density at radius 2 is 1.79 bits per heavy atom. The van der Waals surface area contributed by atoms with Crippen LogP contribution in [-0.2, 0) is 6.42 Å². The summed E-state index contributed by atoms with van der Waals surface area (Å²) in [7, 11) is 3.25. The van der Waals surface area contributed by atoms with Crippen LogP contribution in [-0.4, -0.2) is 20.0 Å². The lowest BCUT2D eigenvalue weighted by atomic mass is 9.83. The van der Waals surface area contributed by atoms with Gasteiger partial charge in [0.2, 0.25) is 0 Å². The Morgan fingerprint density at radius 3 is 2.50 bits per heavy atom. The first-order valence-corrected chi connectivity index (χ1v) is 8.11. The van der Waals surface area contributed by atoms with Crippen LogP contribution in [0.15, 0.2) is 35.9 Å². The van der Waals surface area contributed by atoms with Crippen LogP contribution in [0.5, 0.6) is 11.5 Å². The van der Waals surface area contributed by atoms with Crippen molar-refractivity contribution in [2.45, 2.75) is 26.7 Å². The Hall–Kier alpha value is -2.55. The molecule has 0 fully saturated rings. The SMILES string of the molecule is COc1ccc(/C=C2/CCc3c(C)cc(C)cc3C2=O)c(OC)c1. The van der Waals surface area contributed by atoms with Crippen LogP contribution in [0.2, 0.25) is 0 Å². The molecule has 24 heavy (non-hydrogen) atoms. The van der Waals surface area contributed by atoms with Gasteiger partial charge in [-0.1, -0.05) is 11.6 Å². The lowest BCUT2D eigenvalue weighted by molar-refractivity contribution is 0.102. The van der Waals surface area contributed by atoms with Gasteiger partial charge in [0, 0.05) is 22.8 Å². The molecule has 0 saturated heterocycles. The van der Waals surface area contributed by atoms with Gasteiger partial charge in [0.05, 0.1) is 14.2 Å². The first kappa shape index (κ1) is 16.3. The Kier molecular flexibility index (Phi) is 4.43. The fourth-order valence-electron chi connectivity index (χ4n) is 3.34. The topological polar surface area (TPSA) is 35.5 Å². The van der Waals surface area contributed by atoms with Crippen molar-refractivity contribution in [1.29, 1.82) is 0 Å². The molecule has 1 aliphatic carbocycles. The summed E-state index contributed by atoms with van der Waals surface area (Å²) in [5, 5.41) is 0. The largest absolute Gasteiger partial charge is 0.497 e. The molecule has 0 amide bonds. The van der Waals surface area contributed by atoms with Crippen molar-refractivity contribution < 1.29 is 14.3 Å². The number of ketones is 1. The first-order chi connectivity index (χ1) is 11.5. The molecule has 0 radical (unpaired) electrons. The summed E-state index contributed by atoms with van der Waals surface area (Å²) in [6, 6.07) is 9.79. The van der Waals surface area contributed by atoms with Crippen LogP contribution in [0.1, 0.15) is 39.0 Å². The van der Waals surface area contributed by atoms with E-state index in [-0.39, 0.29) is 5.78 Å². The minimum absolute atomic E-state index is 0.126. The molecule has 0 aromatic heterocycles. The molecule has 2 aromatic rings. The molecule has 0 unspecified atom stereocenters. The molecule has 0 heterocycles. The maximum absolute atomic E-state index is 12.9. The van der Waals surface area contributed by atoms with Crippen molar-refractivity contribution in [3.63, 3.8) is 0 Å². The molecule has 0 bridgehead atoms. The van der Waals surface area contributed by atoms with Crippen LogP contribution >= 0.6 is 0 Å². The van der Waals surface area contributed by atoms with Crippen LogP contribution < -0.4 is 9.47 Å². The predicted octanol–water partition coefficient (Wildman–Crippen LogP) is 4.53. The number of ether oxygens (including phenoxy) is 2. The molecular formula is C21H22O3. The van der Waals surface area contributed by atoms with Gasteiger partial charge in [-0.3, -0.25) is 4.79 Å². The number of benzene rings is 2. The summed E-state index contributed by atoms with van der Waals surface area (Å²) in [6.45, 7) is 4.12. The van der Waals surface area contributed by atoms with Crippen molar-refractivity contribution in [3.05, 3.63) is 63.7 Å². The number of allylic oxidation sites excluding steroid dienone is 1. The van der Waals surface area contributed by atoms with Crippen LogP contribution in [0.25, 0.3) is 6.08 Å². The van der Waals surface area contributed by atoms with Crippen molar-refractivity contribution in [1.82, 2.24) is 0 Å². The maximum atomic E-state index is 12.9. The van der Waals surface area contributed by atoms with E-state index in [4.69, 9.17) is 9.47 Å². The van der Waals surface area contributed by atoms with Crippen molar-refractivity contribution in [2.75, 3.05) is 14.2 Å². The van der Waals surface area contributed by atoms with Crippen LogP contribution in [0, 0.1) is 13.8 Å². The first-order valence-electron chi connectivity index (χ1n) is 8.11. The molecule has 3 nitrogen and oxygen atoms in total. The second-order valence-electron chi connectivity index (χ2n) is 6.21. The normalized spacial score (nSPS) is 15.3. The van der Waals surface area contributed by atoms with E-state index in [0.717, 1.165) is 40.9 Å². The lowest BCUT2D eigenvalue weighted by Gasteiger charge is -2.20. The molecular weight excluding hydrogens is 300 g/mol. The zero-order chi connectivity index (χ0) is 17.3. The minimum Gasteiger partial charge on any atom is -0.497 e. The van der Waals surface area contributed by atoms with E-state index in [0.29, 0.717) is 5.75 Å². The van der Waals surface area contributed by atoms with Gasteiger partial charge in [0.25, 0.3) is 0 Å². The summed E-state index contributed by atoms with van der Waals surface area (Å²) in [5.74, 6) is 1.57. The number of rotatable bonds is 3. The number of fused-ring (bicyclic) bond motifs is 1. The van der Waals surface area contributed by atoms with E-state index >= 15 is 0 Å². The van der Waals surface area contributed by atoms with Crippen molar-refractivity contribution in [2.24, 2.45) is 0 Å². The molecule has 0 spiro atoms. The quantitative estimate of drug-likeness (QED) is 0.779. The van der Waals surface area contributed by atoms with E-state index in [2.05, 4.69) is 13.0 Å². The molecule has 3 rings (SSSR count). The highest BCUT2D eigenvalue weighted by molar-refractivity contribution is 6.13. The Balaban J connectivity index is 2.02. The molecule has 1 aliphatic rings. The van der Waals surface area contributed by atoms with Gasteiger partial charge in [0.1, 0.15) is 11.5 Å². The third-order valence-corrected chi connectivity index (χ3v) is 4.57. The highest BCUT2D eigenvalue weighted by Gasteiger charge is 2.23. The predicted molar refractivity (Wildman–Crippen MR) is 96.1 cm³/mol. The molecule has 0 aliphatic heterocycles. The number of hydrogen-bond donors (Lipinski definition) is 0. The summed E-state index contributed by atoms with van der Waals surface area (Å²) in [4.78, 5) is 12.9. The molecule has 3 heteroatoms. The molecule has 0 atom stereocenters. The number of Topliss-reactive ketones (excluding diaryl/α,β-unsaturated/α-hetero) is 1. The van der Waals surface area contributed by atoms with E-state index in [1.165, 1.54) is 11.1 Å². The fourth-order valence-corrected chi connectivity index (χ4v) is 3.34. The highest BCUT2D eigenvalue weighted by Crippen LogP contribution is 2.32. The van der Waals surface area contributed by atoms with Gasteiger partial charge in [-0.15, -0.1) is 0 Å². The van der Waals surface area contributed by atoms with Crippen LogP contribution in [0.3, 0.4) is 0 Å². The number of hydrogen-bond acceptors (Lipinski definition) is 3. The molecule has 0 saturated carbocycles. The zero-order valence-electron chi connectivity index (χ0n) is 14.6. The second-order valence-corrected chi connectivity index (χ2v) is 6.21. The molecule has 0 N–H and O–H groups in total. The summed E-state index contributed by atoms with van der Waals surface area (Å²) >= 11 is 0. The Bertz CT molecular complexity index is 831. The van der Waals surface area contributed by atoms with Gasteiger partial charge in [-0.25, -0.2) is 0 Å². The molecule has 2 aromatic carbocycles. The van der Waals surface area contributed by atoms with Gasteiger partial charge in [-0.05, 0) is 62.1 Å².